The average Bonchev–Trinajstić information content (AvgIpc) is 2.55. The van der Waals surface area contributed by atoms with Crippen LogP contribution in [0, 0.1) is 0 Å². The van der Waals surface area contributed by atoms with Gasteiger partial charge < -0.3 is 9.80 Å². The van der Waals surface area contributed by atoms with E-state index >= 15 is 0 Å². The maximum absolute atomic E-state index is 12.6. The molecule has 128 valence electrons. The van der Waals surface area contributed by atoms with Gasteiger partial charge in [0.05, 0.1) is 22.8 Å². The quantitative estimate of drug-likeness (QED) is 0.752. The second-order valence-corrected chi connectivity index (χ2v) is 7.37. The summed E-state index contributed by atoms with van der Waals surface area (Å²) in [6, 6.07) is 6.09. The molecule has 0 aliphatic heterocycles. The second-order valence-electron chi connectivity index (χ2n) is 5.13. The molecule has 0 bridgehead atoms. The van der Waals surface area contributed by atoms with E-state index in [1.54, 1.807) is 17.0 Å². The standard InChI is InChI=1S/C16H24N2O4S/c1-5-18(6-2)15(19)12-17(4)16(20)13-10-8-9-11-14(13)23(21,22)7-3/h8-11H,5-7,12H2,1-4H3. The molecule has 0 fully saturated rings. The van der Waals surface area contributed by atoms with Gasteiger partial charge in [0, 0.05) is 20.1 Å². The van der Waals surface area contributed by atoms with Gasteiger partial charge in [0.2, 0.25) is 5.91 Å². The molecule has 1 aromatic rings. The predicted molar refractivity (Wildman–Crippen MR) is 89.1 cm³/mol. The largest absolute Gasteiger partial charge is 0.342 e. The highest BCUT2D eigenvalue weighted by molar-refractivity contribution is 7.91. The highest BCUT2D eigenvalue weighted by Crippen LogP contribution is 2.18. The van der Waals surface area contributed by atoms with Crippen LogP contribution in [0.5, 0.6) is 0 Å². The molecule has 2 amide bonds. The Kier molecular flexibility index (Phi) is 6.75. The summed E-state index contributed by atoms with van der Waals surface area (Å²) in [5.41, 5.74) is 0.101. The summed E-state index contributed by atoms with van der Waals surface area (Å²) >= 11 is 0. The number of carbonyl (C=O) groups excluding carboxylic acids is 2. The van der Waals surface area contributed by atoms with E-state index in [1.807, 2.05) is 13.8 Å². The Balaban J connectivity index is 3.05. The molecule has 0 N–H and O–H groups in total. The van der Waals surface area contributed by atoms with Crippen LogP contribution in [0.25, 0.3) is 0 Å². The van der Waals surface area contributed by atoms with Gasteiger partial charge in [-0.3, -0.25) is 9.59 Å². The average molecular weight is 340 g/mol. The van der Waals surface area contributed by atoms with E-state index in [-0.39, 0.29) is 28.7 Å². The molecule has 0 heterocycles. The smallest absolute Gasteiger partial charge is 0.255 e. The molecular weight excluding hydrogens is 316 g/mol. The Morgan fingerprint density at radius 2 is 1.61 bits per heavy atom. The van der Waals surface area contributed by atoms with Crippen molar-refractivity contribution in [1.29, 1.82) is 0 Å². The van der Waals surface area contributed by atoms with Crippen LogP contribution in [0.3, 0.4) is 0 Å². The molecule has 0 aromatic heterocycles. The zero-order valence-electron chi connectivity index (χ0n) is 14.1. The van der Waals surface area contributed by atoms with E-state index in [0.29, 0.717) is 13.1 Å². The molecular formula is C16H24N2O4S. The van der Waals surface area contributed by atoms with Gasteiger partial charge in [0.1, 0.15) is 0 Å². The number of hydrogen-bond acceptors (Lipinski definition) is 4. The molecule has 0 saturated heterocycles. The number of amides is 2. The first-order valence-corrected chi connectivity index (χ1v) is 9.28. The van der Waals surface area contributed by atoms with Gasteiger partial charge in [-0.15, -0.1) is 0 Å². The third-order valence-corrected chi connectivity index (χ3v) is 5.45. The third kappa shape index (κ3) is 4.54. The van der Waals surface area contributed by atoms with Crippen molar-refractivity contribution in [2.75, 3.05) is 32.4 Å². The van der Waals surface area contributed by atoms with Crippen molar-refractivity contribution in [3.05, 3.63) is 29.8 Å². The first-order valence-electron chi connectivity index (χ1n) is 7.63. The summed E-state index contributed by atoms with van der Waals surface area (Å²) in [5, 5.41) is 0. The molecule has 1 rings (SSSR count). The molecule has 0 spiro atoms. The Hall–Kier alpha value is -1.89. The number of likely N-dealkylation sites (N-methyl/N-ethyl adjacent to an activating group) is 2. The Morgan fingerprint density at radius 1 is 1.04 bits per heavy atom. The molecule has 1 aromatic carbocycles. The van der Waals surface area contributed by atoms with Crippen LogP contribution in [0.1, 0.15) is 31.1 Å². The van der Waals surface area contributed by atoms with Crippen LogP contribution in [-0.2, 0) is 14.6 Å². The minimum Gasteiger partial charge on any atom is -0.342 e. The van der Waals surface area contributed by atoms with Crippen molar-refractivity contribution in [2.24, 2.45) is 0 Å². The van der Waals surface area contributed by atoms with Crippen molar-refractivity contribution < 1.29 is 18.0 Å². The van der Waals surface area contributed by atoms with Gasteiger partial charge in [-0.1, -0.05) is 19.1 Å². The van der Waals surface area contributed by atoms with Crippen molar-refractivity contribution in [2.45, 2.75) is 25.7 Å². The lowest BCUT2D eigenvalue weighted by molar-refractivity contribution is -0.131. The van der Waals surface area contributed by atoms with Crippen LogP contribution in [-0.4, -0.2) is 62.5 Å². The minimum atomic E-state index is -3.50. The van der Waals surface area contributed by atoms with Crippen molar-refractivity contribution in [3.63, 3.8) is 0 Å². The molecule has 7 heteroatoms. The Bertz CT molecular complexity index is 666. The van der Waals surface area contributed by atoms with E-state index in [0.717, 1.165) is 0 Å². The van der Waals surface area contributed by atoms with Crippen molar-refractivity contribution >= 4 is 21.7 Å². The highest BCUT2D eigenvalue weighted by Gasteiger charge is 2.24. The number of nitrogens with zero attached hydrogens (tertiary/aromatic N) is 2. The molecule has 0 atom stereocenters. The summed E-state index contributed by atoms with van der Waals surface area (Å²) in [7, 11) is -2.01. The van der Waals surface area contributed by atoms with Crippen molar-refractivity contribution in [1.82, 2.24) is 9.80 Å². The van der Waals surface area contributed by atoms with Gasteiger partial charge in [-0.05, 0) is 26.0 Å². The first-order chi connectivity index (χ1) is 10.8. The lowest BCUT2D eigenvalue weighted by atomic mass is 10.2. The topological polar surface area (TPSA) is 74.8 Å². The predicted octanol–water partition coefficient (Wildman–Crippen LogP) is 1.42. The molecule has 0 saturated carbocycles. The van der Waals surface area contributed by atoms with Gasteiger partial charge in [0.25, 0.3) is 5.91 Å². The summed E-state index contributed by atoms with van der Waals surface area (Å²) in [5.74, 6) is -0.723. The molecule has 0 aliphatic rings. The van der Waals surface area contributed by atoms with E-state index in [9.17, 15) is 18.0 Å². The summed E-state index contributed by atoms with van der Waals surface area (Å²) < 4.78 is 24.3. The van der Waals surface area contributed by atoms with Crippen LogP contribution in [0.2, 0.25) is 0 Å². The molecule has 0 aliphatic carbocycles. The maximum Gasteiger partial charge on any atom is 0.255 e. The summed E-state index contributed by atoms with van der Waals surface area (Å²) in [4.78, 5) is 27.5. The third-order valence-electron chi connectivity index (χ3n) is 3.67. The molecule has 0 radical (unpaired) electrons. The number of benzene rings is 1. The van der Waals surface area contributed by atoms with Crippen molar-refractivity contribution in [3.8, 4) is 0 Å². The van der Waals surface area contributed by atoms with Crippen LogP contribution in [0.4, 0.5) is 0 Å². The van der Waals surface area contributed by atoms with Crippen LogP contribution in [0.15, 0.2) is 29.2 Å². The summed E-state index contributed by atoms with van der Waals surface area (Å²) in [6.45, 7) is 6.32. The minimum absolute atomic E-state index is 0.00892. The maximum atomic E-state index is 12.6. The highest BCUT2D eigenvalue weighted by atomic mass is 32.2. The second kappa shape index (κ2) is 8.10. The summed E-state index contributed by atoms with van der Waals surface area (Å²) in [6.07, 6.45) is 0. The zero-order valence-corrected chi connectivity index (χ0v) is 14.9. The normalized spacial score (nSPS) is 11.1. The van der Waals surface area contributed by atoms with Gasteiger partial charge in [0.15, 0.2) is 9.84 Å². The van der Waals surface area contributed by atoms with Gasteiger partial charge in [-0.25, -0.2) is 8.42 Å². The molecule has 23 heavy (non-hydrogen) atoms. The Morgan fingerprint density at radius 3 is 2.13 bits per heavy atom. The lowest BCUT2D eigenvalue weighted by Crippen LogP contribution is -2.41. The van der Waals surface area contributed by atoms with E-state index in [1.165, 1.54) is 31.0 Å². The van der Waals surface area contributed by atoms with Gasteiger partial charge >= 0.3 is 0 Å². The number of carbonyl (C=O) groups is 2. The number of sulfone groups is 1. The first kappa shape index (κ1) is 19.2. The number of hydrogen-bond donors (Lipinski definition) is 0. The van der Waals surface area contributed by atoms with E-state index < -0.39 is 15.7 Å². The molecule has 6 nitrogen and oxygen atoms in total. The fourth-order valence-electron chi connectivity index (χ4n) is 2.23. The van der Waals surface area contributed by atoms with Crippen LogP contribution >= 0.6 is 0 Å². The van der Waals surface area contributed by atoms with Gasteiger partial charge in [-0.2, -0.15) is 0 Å². The number of rotatable bonds is 7. The zero-order chi connectivity index (χ0) is 17.6. The van der Waals surface area contributed by atoms with E-state index in [4.69, 9.17) is 0 Å². The Labute approximate surface area is 138 Å². The van der Waals surface area contributed by atoms with Crippen LogP contribution < -0.4 is 0 Å². The monoisotopic (exact) mass is 340 g/mol. The molecule has 0 unspecified atom stereocenters. The lowest BCUT2D eigenvalue weighted by Gasteiger charge is -2.23. The fourth-order valence-corrected chi connectivity index (χ4v) is 3.31. The SMILES string of the molecule is CCN(CC)C(=O)CN(C)C(=O)c1ccccc1S(=O)(=O)CC. The fraction of sp³-hybridized carbons (Fsp3) is 0.500. The van der Waals surface area contributed by atoms with E-state index in [2.05, 4.69) is 0 Å².